The van der Waals surface area contributed by atoms with Crippen molar-refractivity contribution >= 4 is 5.97 Å². The maximum atomic E-state index is 12.3. The highest BCUT2D eigenvalue weighted by Crippen LogP contribution is 2.29. The molecule has 20 heavy (non-hydrogen) atoms. The van der Waals surface area contributed by atoms with E-state index >= 15 is 0 Å². The number of nitrogens with zero attached hydrogens (tertiary/aromatic N) is 2. The minimum Gasteiger partial charge on any atom is -0.462 e. The molecule has 0 atom stereocenters. The monoisotopic (exact) mass is 286 g/mol. The van der Waals surface area contributed by atoms with Crippen molar-refractivity contribution in [3.8, 4) is 11.4 Å². The zero-order valence-corrected chi connectivity index (χ0v) is 10.3. The molecular weight excluding hydrogens is 277 g/mol. The molecular formula is C12H9F3N2O3. The van der Waals surface area contributed by atoms with Gasteiger partial charge in [-0.1, -0.05) is 17.3 Å². The van der Waals surface area contributed by atoms with Crippen LogP contribution < -0.4 is 0 Å². The molecule has 0 bridgehead atoms. The van der Waals surface area contributed by atoms with Gasteiger partial charge < -0.3 is 9.26 Å². The van der Waals surface area contributed by atoms with Crippen molar-refractivity contribution in [1.29, 1.82) is 0 Å². The molecule has 5 nitrogen and oxygen atoms in total. The first kappa shape index (κ1) is 14.0. The Morgan fingerprint density at radius 1 is 1.30 bits per heavy atom. The van der Waals surface area contributed by atoms with Crippen LogP contribution in [-0.4, -0.2) is 22.7 Å². The average Bonchev–Trinajstić information content (AvgIpc) is 2.89. The summed E-state index contributed by atoms with van der Waals surface area (Å²) in [5.74, 6) is -2.13. The van der Waals surface area contributed by atoms with Gasteiger partial charge in [-0.25, -0.2) is 4.79 Å². The molecule has 0 saturated carbocycles. The summed E-state index contributed by atoms with van der Waals surface area (Å²) in [5, 5.41) is 3.24. The highest BCUT2D eigenvalue weighted by Gasteiger charge is 2.38. The summed E-state index contributed by atoms with van der Waals surface area (Å²) in [4.78, 5) is 14.7. The van der Waals surface area contributed by atoms with E-state index in [9.17, 15) is 18.0 Å². The number of rotatable bonds is 3. The standard InChI is InChI=1S/C12H9F3N2O3/c1-2-19-10(18)8-5-3-7(4-6-8)9-16-11(20-17-9)12(13,14)15/h3-6H,2H2,1H3. The van der Waals surface area contributed by atoms with E-state index in [1.165, 1.54) is 24.3 Å². The van der Waals surface area contributed by atoms with E-state index in [1.807, 2.05) is 0 Å². The van der Waals surface area contributed by atoms with E-state index in [2.05, 4.69) is 14.7 Å². The highest BCUT2D eigenvalue weighted by atomic mass is 19.4. The van der Waals surface area contributed by atoms with Crippen LogP contribution in [-0.2, 0) is 10.9 Å². The SMILES string of the molecule is CCOC(=O)c1ccc(-c2noc(C(F)(F)F)n2)cc1. The fourth-order valence-electron chi connectivity index (χ4n) is 1.43. The Morgan fingerprint density at radius 3 is 2.45 bits per heavy atom. The van der Waals surface area contributed by atoms with Crippen LogP contribution in [0.15, 0.2) is 28.8 Å². The Labute approximate surface area is 111 Å². The van der Waals surface area contributed by atoms with E-state index in [1.54, 1.807) is 6.92 Å². The number of hydrogen-bond acceptors (Lipinski definition) is 5. The number of esters is 1. The first-order chi connectivity index (χ1) is 9.41. The number of carbonyl (C=O) groups is 1. The van der Waals surface area contributed by atoms with Gasteiger partial charge in [0.1, 0.15) is 0 Å². The van der Waals surface area contributed by atoms with Crippen molar-refractivity contribution in [2.45, 2.75) is 13.1 Å². The minimum absolute atomic E-state index is 0.201. The quantitative estimate of drug-likeness (QED) is 0.812. The molecule has 0 aliphatic rings. The van der Waals surface area contributed by atoms with Crippen molar-refractivity contribution in [3.63, 3.8) is 0 Å². The molecule has 1 aromatic heterocycles. The van der Waals surface area contributed by atoms with Crippen LogP contribution in [0.3, 0.4) is 0 Å². The van der Waals surface area contributed by atoms with Crippen LogP contribution in [0.2, 0.25) is 0 Å². The summed E-state index contributed by atoms with van der Waals surface area (Å²) < 4.78 is 45.8. The molecule has 2 aromatic rings. The molecule has 0 aliphatic carbocycles. The molecule has 0 spiro atoms. The van der Waals surface area contributed by atoms with Gasteiger partial charge in [0, 0.05) is 5.56 Å². The van der Waals surface area contributed by atoms with Gasteiger partial charge in [0.25, 0.3) is 0 Å². The second-order valence-electron chi connectivity index (χ2n) is 3.72. The summed E-state index contributed by atoms with van der Waals surface area (Å²) in [6, 6.07) is 5.66. The van der Waals surface area contributed by atoms with Crippen molar-refractivity contribution in [2.75, 3.05) is 6.61 Å². The molecule has 1 heterocycles. The lowest BCUT2D eigenvalue weighted by atomic mass is 10.1. The summed E-state index contributed by atoms with van der Waals surface area (Å²) in [5.41, 5.74) is 0.590. The fraction of sp³-hybridized carbons (Fsp3) is 0.250. The van der Waals surface area contributed by atoms with Gasteiger partial charge in [-0.2, -0.15) is 18.2 Å². The molecule has 0 amide bonds. The number of hydrogen-bond donors (Lipinski definition) is 0. The van der Waals surface area contributed by atoms with Crippen molar-refractivity contribution in [1.82, 2.24) is 10.1 Å². The first-order valence-corrected chi connectivity index (χ1v) is 5.60. The molecule has 1 aromatic carbocycles. The number of alkyl halides is 3. The van der Waals surface area contributed by atoms with Crippen LogP contribution in [0.5, 0.6) is 0 Å². The number of ether oxygens (including phenoxy) is 1. The van der Waals surface area contributed by atoms with E-state index in [4.69, 9.17) is 4.74 Å². The Bertz CT molecular complexity index is 605. The fourth-order valence-corrected chi connectivity index (χ4v) is 1.43. The van der Waals surface area contributed by atoms with E-state index in [0.717, 1.165) is 0 Å². The predicted molar refractivity (Wildman–Crippen MR) is 60.7 cm³/mol. The van der Waals surface area contributed by atoms with Crippen LogP contribution in [0.25, 0.3) is 11.4 Å². The third kappa shape index (κ3) is 2.95. The molecule has 0 saturated heterocycles. The molecule has 2 rings (SSSR count). The summed E-state index contributed by atoms with van der Waals surface area (Å²) in [6.45, 7) is 1.91. The Morgan fingerprint density at radius 2 is 1.95 bits per heavy atom. The molecule has 0 fully saturated rings. The second kappa shape index (κ2) is 5.32. The third-order valence-corrected chi connectivity index (χ3v) is 2.32. The van der Waals surface area contributed by atoms with Gasteiger partial charge in [-0.3, -0.25) is 0 Å². The Hall–Kier alpha value is -2.38. The molecule has 0 radical (unpaired) electrons. The van der Waals surface area contributed by atoms with Crippen molar-refractivity contribution < 1.29 is 27.2 Å². The lowest BCUT2D eigenvalue weighted by Crippen LogP contribution is -2.05. The van der Waals surface area contributed by atoms with Crippen molar-refractivity contribution in [2.24, 2.45) is 0 Å². The maximum absolute atomic E-state index is 12.3. The largest absolute Gasteiger partial charge is 0.471 e. The topological polar surface area (TPSA) is 65.2 Å². The zero-order valence-electron chi connectivity index (χ0n) is 10.3. The van der Waals surface area contributed by atoms with Gasteiger partial charge in [0.05, 0.1) is 12.2 Å². The number of benzene rings is 1. The van der Waals surface area contributed by atoms with Gasteiger partial charge in [-0.15, -0.1) is 0 Å². The minimum atomic E-state index is -4.68. The summed E-state index contributed by atoms with van der Waals surface area (Å²) >= 11 is 0. The van der Waals surface area contributed by atoms with Crippen molar-refractivity contribution in [3.05, 3.63) is 35.7 Å². The Balaban J connectivity index is 2.22. The number of carbonyl (C=O) groups excluding carboxylic acids is 1. The van der Waals surface area contributed by atoms with Gasteiger partial charge in [0.2, 0.25) is 5.82 Å². The summed E-state index contributed by atoms with van der Waals surface area (Å²) in [7, 11) is 0. The molecule has 8 heteroatoms. The zero-order chi connectivity index (χ0) is 14.8. The molecule has 0 unspecified atom stereocenters. The van der Waals surface area contributed by atoms with Crippen LogP contribution >= 0.6 is 0 Å². The van der Waals surface area contributed by atoms with Crippen LogP contribution in [0.4, 0.5) is 13.2 Å². The van der Waals surface area contributed by atoms with Gasteiger partial charge >= 0.3 is 18.0 Å². The smallest absolute Gasteiger partial charge is 0.462 e. The molecule has 0 N–H and O–H groups in total. The highest BCUT2D eigenvalue weighted by molar-refractivity contribution is 5.89. The van der Waals surface area contributed by atoms with Gasteiger partial charge in [-0.05, 0) is 19.1 Å². The number of aromatic nitrogens is 2. The van der Waals surface area contributed by atoms with Crippen LogP contribution in [0, 0.1) is 0 Å². The third-order valence-electron chi connectivity index (χ3n) is 2.32. The predicted octanol–water partition coefficient (Wildman–Crippen LogP) is 2.93. The normalized spacial score (nSPS) is 11.4. The maximum Gasteiger partial charge on any atom is 0.471 e. The lowest BCUT2D eigenvalue weighted by Gasteiger charge is -2.01. The molecule has 106 valence electrons. The van der Waals surface area contributed by atoms with Crippen LogP contribution in [0.1, 0.15) is 23.2 Å². The Kier molecular flexibility index (Phi) is 3.73. The van der Waals surface area contributed by atoms with E-state index in [-0.39, 0.29) is 18.0 Å². The second-order valence-corrected chi connectivity index (χ2v) is 3.72. The lowest BCUT2D eigenvalue weighted by molar-refractivity contribution is -0.159. The first-order valence-electron chi connectivity index (χ1n) is 5.60. The van der Waals surface area contributed by atoms with E-state index < -0.39 is 18.0 Å². The van der Waals surface area contributed by atoms with E-state index in [0.29, 0.717) is 5.56 Å². The average molecular weight is 286 g/mol. The number of halogens is 3. The summed E-state index contributed by atoms with van der Waals surface area (Å²) in [6.07, 6.45) is -4.68. The van der Waals surface area contributed by atoms with Gasteiger partial charge in [0.15, 0.2) is 0 Å². The molecule has 0 aliphatic heterocycles.